The molecule has 4 atom stereocenters. The van der Waals surface area contributed by atoms with Crippen LogP contribution in [0.4, 0.5) is 8.78 Å². The van der Waals surface area contributed by atoms with Gasteiger partial charge in [0.2, 0.25) is 5.91 Å². The molecule has 6 nitrogen and oxygen atoms in total. The first-order chi connectivity index (χ1) is 9.36. The summed E-state index contributed by atoms with van der Waals surface area (Å²) < 4.78 is 33.0. The van der Waals surface area contributed by atoms with E-state index in [1.165, 1.54) is 12.2 Å². The van der Waals surface area contributed by atoms with E-state index in [9.17, 15) is 18.7 Å². The third-order valence-corrected chi connectivity index (χ3v) is 3.48. The molecule has 112 valence electrons. The number of nitrogens with zero attached hydrogens (tertiary/aromatic N) is 1. The van der Waals surface area contributed by atoms with Crippen LogP contribution >= 0.6 is 0 Å². The van der Waals surface area contributed by atoms with E-state index in [4.69, 9.17) is 15.6 Å². The number of carbonyl (C=O) groups is 1. The van der Waals surface area contributed by atoms with E-state index in [-0.39, 0.29) is 18.7 Å². The molecule has 4 N–H and O–H groups in total. The number of nitrogens with two attached hydrogens (primary N) is 1. The molecular weight excluding hydrogens is 274 g/mol. The summed E-state index contributed by atoms with van der Waals surface area (Å²) in [6.07, 6.45) is -2.27. The lowest BCUT2D eigenvalue weighted by atomic mass is 9.90. The van der Waals surface area contributed by atoms with Crippen LogP contribution in [0.25, 0.3) is 0 Å². The number of amides is 1. The van der Waals surface area contributed by atoms with Crippen LogP contribution in [-0.4, -0.2) is 52.8 Å². The minimum atomic E-state index is -3.50. The second-order valence-electron chi connectivity index (χ2n) is 4.89. The first-order valence-electron chi connectivity index (χ1n) is 6.23. The molecule has 2 aliphatic rings. The maximum absolute atomic E-state index is 14.0. The average Bonchev–Trinajstić information content (AvgIpc) is 2.60. The highest BCUT2D eigenvalue weighted by Crippen LogP contribution is 2.41. The summed E-state index contributed by atoms with van der Waals surface area (Å²) in [5.41, 5.74) is 5.43. The Kier molecular flexibility index (Phi) is 4.17. The van der Waals surface area contributed by atoms with Gasteiger partial charge in [0, 0.05) is 12.3 Å². The normalized spacial score (nSPS) is 37.4. The lowest BCUT2D eigenvalue weighted by Gasteiger charge is -2.26. The highest BCUT2D eigenvalue weighted by atomic mass is 19.3. The molecule has 8 heteroatoms. The standard InChI is InChI=1S/C12H16F2N2O4/c13-12(14)10(19)7(5-17)20-11(12)6-1-3-8(15)16-9(18)4-2-6/h1,3,6-7,10-11,17,19H,2,4-5H2,(H2,15,16,18). The fourth-order valence-electron chi connectivity index (χ4n) is 2.40. The first-order valence-corrected chi connectivity index (χ1v) is 6.23. The first kappa shape index (κ1) is 15.0. The van der Waals surface area contributed by atoms with Crippen molar-refractivity contribution >= 4 is 11.7 Å². The Bertz CT molecular complexity index is 453. The monoisotopic (exact) mass is 290 g/mol. The lowest BCUT2D eigenvalue weighted by Crippen LogP contribution is -2.43. The number of alkyl halides is 2. The van der Waals surface area contributed by atoms with Crippen LogP contribution in [0.1, 0.15) is 12.8 Å². The SMILES string of the molecule is NC1=NC(=O)CCC(C2OC(CO)C(O)C2(F)F)C=C1. The van der Waals surface area contributed by atoms with Gasteiger partial charge in [0.25, 0.3) is 0 Å². The van der Waals surface area contributed by atoms with Gasteiger partial charge in [-0.15, -0.1) is 0 Å². The van der Waals surface area contributed by atoms with Gasteiger partial charge in [-0.1, -0.05) is 6.08 Å². The quantitative estimate of drug-likeness (QED) is 0.641. The Morgan fingerprint density at radius 1 is 1.55 bits per heavy atom. The van der Waals surface area contributed by atoms with Gasteiger partial charge in [-0.3, -0.25) is 4.79 Å². The maximum Gasteiger partial charge on any atom is 0.302 e. The van der Waals surface area contributed by atoms with Crippen LogP contribution in [0.2, 0.25) is 0 Å². The van der Waals surface area contributed by atoms with Gasteiger partial charge in [-0.25, -0.2) is 8.78 Å². The van der Waals surface area contributed by atoms with Crippen molar-refractivity contribution in [3.05, 3.63) is 12.2 Å². The van der Waals surface area contributed by atoms with Crippen molar-refractivity contribution in [3.8, 4) is 0 Å². The number of ether oxygens (including phenoxy) is 1. The van der Waals surface area contributed by atoms with Crippen LogP contribution in [0.3, 0.4) is 0 Å². The number of hydrogen-bond donors (Lipinski definition) is 3. The van der Waals surface area contributed by atoms with Gasteiger partial charge < -0.3 is 20.7 Å². The molecule has 0 aromatic heterocycles. The van der Waals surface area contributed by atoms with Crippen LogP contribution in [0.5, 0.6) is 0 Å². The van der Waals surface area contributed by atoms with Gasteiger partial charge in [-0.2, -0.15) is 4.99 Å². The average molecular weight is 290 g/mol. The Morgan fingerprint density at radius 2 is 2.25 bits per heavy atom. The van der Waals surface area contributed by atoms with Crippen molar-refractivity contribution in [2.75, 3.05) is 6.61 Å². The number of carbonyl (C=O) groups excluding carboxylic acids is 1. The van der Waals surface area contributed by atoms with Crippen molar-refractivity contribution in [2.24, 2.45) is 16.6 Å². The molecule has 1 fully saturated rings. The molecule has 0 saturated carbocycles. The Labute approximate surface area is 113 Å². The second-order valence-corrected chi connectivity index (χ2v) is 4.89. The van der Waals surface area contributed by atoms with Crippen molar-refractivity contribution in [1.82, 2.24) is 0 Å². The van der Waals surface area contributed by atoms with Crippen LogP contribution in [-0.2, 0) is 9.53 Å². The lowest BCUT2D eigenvalue weighted by molar-refractivity contribution is -0.126. The summed E-state index contributed by atoms with van der Waals surface area (Å²) in [4.78, 5) is 14.9. The van der Waals surface area contributed by atoms with E-state index in [1.54, 1.807) is 0 Å². The van der Waals surface area contributed by atoms with E-state index in [1.807, 2.05) is 0 Å². The molecule has 0 aliphatic carbocycles. The molecule has 4 unspecified atom stereocenters. The number of hydrogen-bond acceptors (Lipinski definition) is 5. The fraction of sp³-hybridized carbons (Fsp3) is 0.667. The zero-order chi connectivity index (χ0) is 14.9. The zero-order valence-electron chi connectivity index (χ0n) is 10.6. The van der Waals surface area contributed by atoms with Crippen molar-refractivity contribution < 1.29 is 28.5 Å². The number of rotatable bonds is 2. The van der Waals surface area contributed by atoms with E-state index in [0.717, 1.165) is 0 Å². The zero-order valence-corrected chi connectivity index (χ0v) is 10.6. The molecule has 1 amide bonds. The highest BCUT2D eigenvalue weighted by molar-refractivity contribution is 6.00. The van der Waals surface area contributed by atoms with Gasteiger partial charge in [0.05, 0.1) is 6.61 Å². The summed E-state index contributed by atoms with van der Waals surface area (Å²) in [5.74, 6) is -4.84. The van der Waals surface area contributed by atoms with E-state index >= 15 is 0 Å². The third-order valence-electron chi connectivity index (χ3n) is 3.48. The predicted molar refractivity (Wildman–Crippen MR) is 65.2 cm³/mol. The highest BCUT2D eigenvalue weighted by Gasteiger charge is 2.59. The topological polar surface area (TPSA) is 105 Å². The smallest absolute Gasteiger partial charge is 0.302 e. The van der Waals surface area contributed by atoms with Crippen LogP contribution in [0, 0.1) is 5.92 Å². The molecule has 20 heavy (non-hydrogen) atoms. The molecular formula is C12H16F2N2O4. The molecule has 0 aromatic carbocycles. The summed E-state index contributed by atoms with van der Waals surface area (Å²) in [7, 11) is 0. The molecule has 1 saturated heterocycles. The summed E-state index contributed by atoms with van der Waals surface area (Å²) >= 11 is 0. The van der Waals surface area contributed by atoms with Gasteiger partial charge in [0.1, 0.15) is 24.1 Å². The number of aliphatic hydroxyl groups excluding tert-OH is 2. The number of amidine groups is 1. The Balaban J connectivity index is 2.22. The molecule has 0 radical (unpaired) electrons. The molecule has 2 heterocycles. The number of halogens is 2. The second kappa shape index (κ2) is 5.55. The van der Waals surface area contributed by atoms with Crippen molar-refractivity contribution in [1.29, 1.82) is 0 Å². The van der Waals surface area contributed by atoms with Crippen LogP contribution < -0.4 is 5.73 Å². The summed E-state index contributed by atoms with van der Waals surface area (Å²) in [6.45, 7) is -0.702. The fourth-order valence-corrected chi connectivity index (χ4v) is 2.40. The van der Waals surface area contributed by atoms with E-state index in [0.29, 0.717) is 0 Å². The minimum absolute atomic E-state index is 0.0362. The van der Waals surface area contributed by atoms with E-state index in [2.05, 4.69) is 4.99 Å². The Morgan fingerprint density at radius 3 is 2.85 bits per heavy atom. The number of aliphatic imine (C=N–C) groups is 1. The number of aliphatic hydroxyl groups is 2. The largest absolute Gasteiger partial charge is 0.394 e. The predicted octanol–water partition coefficient (Wildman–Crippen LogP) is -0.408. The molecule has 2 rings (SSSR count). The van der Waals surface area contributed by atoms with Crippen LogP contribution in [0.15, 0.2) is 17.1 Å². The van der Waals surface area contributed by atoms with Gasteiger partial charge in [-0.05, 0) is 12.5 Å². The summed E-state index contributed by atoms with van der Waals surface area (Å²) in [5, 5.41) is 18.4. The van der Waals surface area contributed by atoms with E-state index < -0.39 is 42.7 Å². The van der Waals surface area contributed by atoms with Crippen molar-refractivity contribution in [2.45, 2.75) is 37.1 Å². The van der Waals surface area contributed by atoms with Gasteiger partial charge in [0.15, 0.2) is 0 Å². The molecule has 0 bridgehead atoms. The molecule has 0 spiro atoms. The van der Waals surface area contributed by atoms with Crippen molar-refractivity contribution in [3.63, 3.8) is 0 Å². The maximum atomic E-state index is 14.0. The Hall–Kier alpha value is -1.38. The summed E-state index contributed by atoms with van der Waals surface area (Å²) in [6, 6.07) is 0. The minimum Gasteiger partial charge on any atom is -0.394 e. The third kappa shape index (κ3) is 2.72. The molecule has 0 aromatic rings. The van der Waals surface area contributed by atoms with Gasteiger partial charge >= 0.3 is 5.92 Å². The molecule has 2 aliphatic heterocycles.